The fourth-order valence-electron chi connectivity index (χ4n) is 2.01. The van der Waals surface area contributed by atoms with E-state index in [4.69, 9.17) is 16.3 Å². The first-order valence-corrected chi connectivity index (χ1v) is 9.22. The van der Waals surface area contributed by atoms with Crippen LogP contribution in [0.5, 0.6) is 5.75 Å². The molecule has 0 aliphatic heterocycles. The third-order valence-corrected chi connectivity index (χ3v) is 5.18. The highest BCUT2D eigenvalue weighted by Gasteiger charge is 2.22. The van der Waals surface area contributed by atoms with Crippen LogP contribution in [0.25, 0.3) is 0 Å². The fourth-order valence-corrected chi connectivity index (χ4v) is 3.56. The Morgan fingerprint density at radius 2 is 2.12 bits per heavy atom. The van der Waals surface area contributed by atoms with Gasteiger partial charge in [-0.15, -0.1) is 0 Å². The summed E-state index contributed by atoms with van der Waals surface area (Å²) in [6, 6.07) is 6.67. The van der Waals surface area contributed by atoms with E-state index in [1.54, 1.807) is 18.5 Å². The minimum Gasteiger partial charge on any atom is -0.495 e. The highest BCUT2D eigenvalue weighted by Crippen LogP contribution is 2.26. The minimum absolute atomic E-state index is 0.0507. The van der Waals surface area contributed by atoms with Crippen LogP contribution in [0.4, 0.5) is 0 Å². The van der Waals surface area contributed by atoms with Crippen LogP contribution in [0.3, 0.4) is 0 Å². The zero-order chi connectivity index (χ0) is 18.4. The number of carbonyl (C=O) groups is 1. The number of amides is 1. The zero-order valence-electron chi connectivity index (χ0n) is 13.7. The van der Waals surface area contributed by atoms with Crippen molar-refractivity contribution in [2.45, 2.75) is 24.4 Å². The number of methoxy groups -OCH3 is 1. The Morgan fingerprint density at radius 3 is 2.72 bits per heavy atom. The van der Waals surface area contributed by atoms with Gasteiger partial charge in [0, 0.05) is 18.9 Å². The average molecular weight is 384 g/mol. The van der Waals surface area contributed by atoms with E-state index in [0.717, 1.165) is 5.56 Å². The van der Waals surface area contributed by atoms with Crippen LogP contribution in [-0.2, 0) is 21.4 Å². The molecule has 1 atom stereocenters. The maximum Gasteiger partial charge on any atom is 0.241 e. The number of benzene rings is 1. The van der Waals surface area contributed by atoms with Gasteiger partial charge in [0.25, 0.3) is 0 Å². The second-order valence-corrected chi connectivity index (χ2v) is 7.34. The summed E-state index contributed by atoms with van der Waals surface area (Å²) in [7, 11) is -2.47. The number of hydrogen-bond acceptors (Lipinski definition) is 5. The SMILES string of the molecule is COc1ccc(S(=O)(=O)N[C@@H](C)C(=O)NCc2cccnc2)cc1Cl. The van der Waals surface area contributed by atoms with Gasteiger partial charge in [0.2, 0.25) is 15.9 Å². The molecule has 0 unspecified atom stereocenters. The number of nitrogens with zero attached hydrogens (tertiary/aromatic N) is 1. The topological polar surface area (TPSA) is 97.4 Å². The second-order valence-electron chi connectivity index (χ2n) is 5.22. The second kappa shape index (κ2) is 8.28. The van der Waals surface area contributed by atoms with Gasteiger partial charge < -0.3 is 10.1 Å². The highest BCUT2D eigenvalue weighted by molar-refractivity contribution is 7.89. The van der Waals surface area contributed by atoms with Crippen LogP contribution in [0.1, 0.15) is 12.5 Å². The molecule has 2 N–H and O–H groups in total. The molecular formula is C16H18ClN3O4S. The van der Waals surface area contributed by atoms with E-state index in [1.165, 1.54) is 32.2 Å². The van der Waals surface area contributed by atoms with Gasteiger partial charge >= 0.3 is 0 Å². The summed E-state index contributed by atoms with van der Waals surface area (Å²) in [5.41, 5.74) is 0.813. The minimum atomic E-state index is -3.90. The van der Waals surface area contributed by atoms with E-state index in [2.05, 4.69) is 15.0 Å². The molecule has 9 heteroatoms. The number of hydrogen-bond donors (Lipinski definition) is 2. The number of carbonyl (C=O) groups excluding carboxylic acids is 1. The standard InChI is InChI=1S/C16H18ClN3O4S/c1-11(16(21)19-10-12-4-3-7-18-9-12)20-25(22,23)13-5-6-15(24-2)14(17)8-13/h3-9,11,20H,10H2,1-2H3,(H,19,21)/t11-/m0/s1. The van der Waals surface area contributed by atoms with E-state index < -0.39 is 22.0 Å². The summed E-state index contributed by atoms with van der Waals surface area (Å²) in [6.07, 6.45) is 3.25. The van der Waals surface area contributed by atoms with Crippen LogP contribution in [0.15, 0.2) is 47.6 Å². The first-order valence-electron chi connectivity index (χ1n) is 7.36. The lowest BCUT2D eigenvalue weighted by Crippen LogP contribution is -2.44. The molecule has 0 bridgehead atoms. The van der Waals surface area contributed by atoms with Gasteiger partial charge in [0.1, 0.15) is 5.75 Å². The average Bonchev–Trinajstić information content (AvgIpc) is 2.60. The lowest BCUT2D eigenvalue weighted by Gasteiger charge is -2.15. The molecule has 0 radical (unpaired) electrons. The molecule has 0 fully saturated rings. The van der Waals surface area contributed by atoms with E-state index in [1.807, 2.05) is 6.07 Å². The van der Waals surface area contributed by atoms with E-state index >= 15 is 0 Å². The van der Waals surface area contributed by atoms with Crippen LogP contribution in [0.2, 0.25) is 5.02 Å². The van der Waals surface area contributed by atoms with E-state index in [9.17, 15) is 13.2 Å². The first kappa shape index (κ1) is 19.2. The maximum absolute atomic E-state index is 12.4. The number of halogens is 1. The van der Waals surface area contributed by atoms with E-state index in [-0.39, 0.29) is 16.5 Å². The Morgan fingerprint density at radius 1 is 1.36 bits per heavy atom. The molecule has 0 aliphatic carbocycles. The zero-order valence-corrected chi connectivity index (χ0v) is 15.3. The summed E-state index contributed by atoms with van der Waals surface area (Å²) in [5.74, 6) is -0.0880. The summed E-state index contributed by atoms with van der Waals surface area (Å²) in [6.45, 7) is 1.72. The molecule has 1 aromatic heterocycles. The maximum atomic E-state index is 12.4. The van der Waals surface area contributed by atoms with Crippen molar-refractivity contribution in [3.8, 4) is 5.75 Å². The van der Waals surface area contributed by atoms with Crippen molar-refractivity contribution in [1.82, 2.24) is 15.0 Å². The van der Waals surface area contributed by atoms with Gasteiger partial charge in [0.05, 0.1) is 23.1 Å². The molecular weight excluding hydrogens is 366 g/mol. The van der Waals surface area contributed by atoms with E-state index in [0.29, 0.717) is 5.75 Å². The molecule has 2 rings (SSSR count). The van der Waals surface area contributed by atoms with Gasteiger partial charge in [-0.1, -0.05) is 17.7 Å². The molecule has 2 aromatic rings. The van der Waals surface area contributed by atoms with Crippen molar-refractivity contribution < 1.29 is 17.9 Å². The van der Waals surface area contributed by atoms with Crippen molar-refractivity contribution in [3.63, 3.8) is 0 Å². The molecule has 1 aromatic carbocycles. The smallest absolute Gasteiger partial charge is 0.241 e. The van der Waals surface area contributed by atoms with Gasteiger partial charge in [-0.3, -0.25) is 9.78 Å². The molecule has 134 valence electrons. The number of ether oxygens (including phenoxy) is 1. The summed E-state index contributed by atoms with van der Waals surface area (Å²) in [5, 5.41) is 2.82. The molecule has 0 saturated carbocycles. The summed E-state index contributed by atoms with van der Waals surface area (Å²) in [4.78, 5) is 16.0. The van der Waals surface area contributed by atoms with Crippen LogP contribution in [0, 0.1) is 0 Å². The quantitative estimate of drug-likeness (QED) is 0.758. The molecule has 1 amide bonds. The number of rotatable bonds is 7. The lowest BCUT2D eigenvalue weighted by atomic mass is 10.2. The van der Waals surface area contributed by atoms with Crippen molar-refractivity contribution in [1.29, 1.82) is 0 Å². The summed E-state index contributed by atoms with van der Waals surface area (Å²) < 4.78 is 32.1. The van der Waals surface area contributed by atoms with Gasteiger partial charge in [-0.25, -0.2) is 8.42 Å². The van der Waals surface area contributed by atoms with Gasteiger partial charge in [-0.05, 0) is 36.8 Å². The fraction of sp³-hybridized carbons (Fsp3) is 0.250. The molecule has 0 saturated heterocycles. The Kier molecular flexibility index (Phi) is 6.35. The Labute approximate surface area is 151 Å². The third-order valence-electron chi connectivity index (χ3n) is 3.35. The van der Waals surface area contributed by atoms with Crippen molar-refractivity contribution in [2.75, 3.05) is 7.11 Å². The van der Waals surface area contributed by atoms with Crippen LogP contribution in [-0.4, -0.2) is 32.5 Å². The number of nitrogens with one attached hydrogen (secondary N) is 2. The third kappa shape index (κ3) is 5.15. The number of pyridine rings is 1. The predicted molar refractivity (Wildman–Crippen MR) is 93.9 cm³/mol. The van der Waals surface area contributed by atoms with Crippen LogP contribution < -0.4 is 14.8 Å². The predicted octanol–water partition coefficient (Wildman–Crippen LogP) is 1.73. The summed E-state index contributed by atoms with van der Waals surface area (Å²) >= 11 is 5.95. The normalized spacial score (nSPS) is 12.4. The molecule has 25 heavy (non-hydrogen) atoms. The van der Waals surface area contributed by atoms with Crippen LogP contribution >= 0.6 is 11.6 Å². The first-order chi connectivity index (χ1) is 11.8. The monoisotopic (exact) mass is 383 g/mol. The Balaban J connectivity index is 2.01. The van der Waals surface area contributed by atoms with Crippen molar-refractivity contribution in [3.05, 3.63) is 53.3 Å². The molecule has 0 spiro atoms. The van der Waals surface area contributed by atoms with Gasteiger partial charge in [-0.2, -0.15) is 4.72 Å². The Bertz CT molecular complexity index is 844. The molecule has 1 heterocycles. The molecule has 0 aliphatic rings. The number of aromatic nitrogens is 1. The van der Waals surface area contributed by atoms with Gasteiger partial charge in [0.15, 0.2) is 0 Å². The largest absolute Gasteiger partial charge is 0.495 e. The lowest BCUT2D eigenvalue weighted by molar-refractivity contribution is -0.122. The Hall–Kier alpha value is -2.16. The number of sulfonamides is 1. The van der Waals surface area contributed by atoms with Crippen molar-refractivity contribution >= 4 is 27.5 Å². The molecule has 7 nitrogen and oxygen atoms in total. The van der Waals surface area contributed by atoms with Crippen molar-refractivity contribution in [2.24, 2.45) is 0 Å². The highest BCUT2D eigenvalue weighted by atomic mass is 35.5.